The van der Waals surface area contributed by atoms with Gasteiger partial charge in [-0.1, -0.05) is 24.3 Å². The molecule has 4 aromatic rings. The Kier molecular flexibility index (Phi) is 5.66. The number of nitrogens with zero attached hydrogens (tertiary/aromatic N) is 2. The molecule has 2 amide bonds. The minimum atomic E-state index is -0.347. The highest BCUT2D eigenvalue weighted by molar-refractivity contribution is 5.99. The fraction of sp³-hybridized carbons (Fsp3) is 0.125. The van der Waals surface area contributed by atoms with Crippen LogP contribution >= 0.6 is 0 Å². The third-order valence-electron chi connectivity index (χ3n) is 4.73. The van der Waals surface area contributed by atoms with Crippen molar-refractivity contribution in [1.29, 1.82) is 0 Å². The largest absolute Gasteiger partial charge is 0.487 e. The van der Waals surface area contributed by atoms with E-state index in [1.54, 1.807) is 18.3 Å². The number of anilines is 2. The van der Waals surface area contributed by atoms with Crippen LogP contribution in [0.25, 0.3) is 5.65 Å². The van der Waals surface area contributed by atoms with E-state index in [0.29, 0.717) is 28.5 Å². The van der Waals surface area contributed by atoms with Crippen LogP contribution in [0.15, 0.2) is 77.7 Å². The van der Waals surface area contributed by atoms with Gasteiger partial charge in [-0.25, -0.2) is 9.78 Å². The number of pyridine rings is 1. The molecule has 2 aromatic heterocycles. The van der Waals surface area contributed by atoms with Crippen molar-refractivity contribution in [1.82, 2.24) is 9.38 Å². The molecule has 156 valence electrons. The quantitative estimate of drug-likeness (QED) is 0.502. The molecule has 7 heteroatoms. The van der Waals surface area contributed by atoms with Gasteiger partial charge in [-0.15, -0.1) is 0 Å². The molecule has 0 bridgehead atoms. The zero-order chi connectivity index (χ0) is 21.8. The van der Waals surface area contributed by atoms with E-state index in [1.165, 1.54) is 10.5 Å². The molecule has 31 heavy (non-hydrogen) atoms. The molecular formula is C24H22N4O3. The summed E-state index contributed by atoms with van der Waals surface area (Å²) < 4.78 is 7.41. The molecule has 4 rings (SSSR count). The molecule has 2 heterocycles. The number of nitrogens with one attached hydrogen (secondary N) is 2. The Morgan fingerprint density at radius 2 is 1.74 bits per heavy atom. The Morgan fingerprint density at radius 3 is 2.55 bits per heavy atom. The molecule has 0 aliphatic heterocycles. The highest BCUT2D eigenvalue weighted by atomic mass is 16.5. The van der Waals surface area contributed by atoms with Crippen molar-refractivity contribution in [3.8, 4) is 5.75 Å². The van der Waals surface area contributed by atoms with E-state index >= 15 is 0 Å². The Labute approximate surface area is 179 Å². The summed E-state index contributed by atoms with van der Waals surface area (Å²) in [6, 6.07) is 19.4. The summed E-state index contributed by atoms with van der Waals surface area (Å²) in [5, 5.41) is 5.57. The normalized spacial score (nSPS) is 10.6. The van der Waals surface area contributed by atoms with Gasteiger partial charge in [-0.2, -0.15) is 0 Å². The third kappa shape index (κ3) is 4.90. The number of hydrogen-bond acceptors (Lipinski definition) is 4. The fourth-order valence-electron chi connectivity index (χ4n) is 3.13. The number of hydrogen-bond donors (Lipinski definition) is 2. The number of ether oxygens (including phenoxy) is 1. The van der Waals surface area contributed by atoms with Gasteiger partial charge in [0.1, 0.15) is 18.0 Å². The van der Waals surface area contributed by atoms with Crippen LogP contribution in [-0.2, 0) is 6.61 Å². The number of aryl methyl sites for hydroxylation is 2. The van der Waals surface area contributed by atoms with Crippen molar-refractivity contribution in [3.63, 3.8) is 0 Å². The van der Waals surface area contributed by atoms with Crippen molar-refractivity contribution < 1.29 is 9.53 Å². The van der Waals surface area contributed by atoms with Gasteiger partial charge in [-0.3, -0.25) is 9.20 Å². The smallest absolute Gasteiger partial charge is 0.323 e. The molecule has 0 atom stereocenters. The first-order valence-corrected chi connectivity index (χ1v) is 9.83. The second-order valence-corrected chi connectivity index (χ2v) is 7.23. The molecule has 0 aliphatic carbocycles. The van der Waals surface area contributed by atoms with Gasteiger partial charge in [0.25, 0.3) is 5.56 Å². The van der Waals surface area contributed by atoms with Crippen LogP contribution in [-0.4, -0.2) is 15.4 Å². The summed E-state index contributed by atoms with van der Waals surface area (Å²) in [5.74, 6) is 0.601. The molecule has 0 fully saturated rings. The minimum absolute atomic E-state index is 0.139. The Bertz CT molecular complexity index is 1300. The average Bonchev–Trinajstić information content (AvgIpc) is 2.74. The molecule has 0 saturated heterocycles. The molecule has 7 nitrogen and oxygen atoms in total. The maximum absolute atomic E-state index is 12.3. The maximum Gasteiger partial charge on any atom is 0.323 e. The van der Waals surface area contributed by atoms with Gasteiger partial charge in [0.05, 0.1) is 5.69 Å². The van der Waals surface area contributed by atoms with Gasteiger partial charge in [0, 0.05) is 29.7 Å². The van der Waals surface area contributed by atoms with Crippen LogP contribution in [0.3, 0.4) is 0 Å². The van der Waals surface area contributed by atoms with Gasteiger partial charge in [0.2, 0.25) is 0 Å². The zero-order valence-electron chi connectivity index (χ0n) is 17.3. The zero-order valence-corrected chi connectivity index (χ0v) is 17.3. The number of rotatable bonds is 5. The van der Waals surface area contributed by atoms with E-state index in [0.717, 1.165) is 11.1 Å². The Balaban J connectivity index is 1.47. The van der Waals surface area contributed by atoms with Gasteiger partial charge < -0.3 is 15.4 Å². The second kappa shape index (κ2) is 8.71. The van der Waals surface area contributed by atoms with E-state index in [1.807, 2.05) is 62.4 Å². The summed E-state index contributed by atoms with van der Waals surface area (Å²) in [6.07, 6.45) is 1.71. The van der Waals surface area contributed by atoms with Crippen molar-refractivity contribution >= 4 is 23.1 Å². The number of carbonyl (C=O) groups is 1. The molecule has 0 saturated carbocycles. The van der Waals surface area contributed by atoms with Crippen molar-refractivity contribution in [2.45, 2.75) is 20.5 Å². The maximum atomic E-state index is 12.3. The lowest BCUT2D eigenvalue weighted by molar-refractivity contribution is 0.262. The second-order valence-electron chi connectivity index (χ2n) is 7.23. The van der Waals surface area contributed by atoms with E-state index in [9.17, 15) is 9.59 Å². The van der Waals surface area contributed by atoms with E-state index < -0.39 is 0 Å². The van der Waals surface area contributed by atoms with Crippen LogP contribution in [0.1, 0.15) is 16.8 Å². The van der Waals surface area contributed by atoms with Crippen LogP contribution in [0, 0.1) is 13.8 Å². The lowest BCUT2D eigenvalue weighted by Gasteiger charge is -2.12. The Morgan fingerprint density at radius 1 is 0.968 bits per heavy atom. The number of amides is 2. The van der Waals surface area contributed by atoms with Crippen LogP contribution < -0.4 is 20.9 Å². The molecule has 2 aromatic carbocycles. The van der Waals surface area contributed by atoms with Crippen molar-refractivity contribution in [2.24, 2.45) is 0 Å². The van der Waals surface area contributed by atoms with Crippen molar-refractivity contribution in [3.05, 3.63) is 100 Å². The number of aromatic nitrogens is 2. The number of fused-ring (bicyclic) bond motifs is 1. The molecule has 0 radical (unpaired) electrons. The molecule has 0 unspecified atom stereocenters. The summed E-state index contributed by atoms with van der Waals surface area (Å²) in [4.78, 5) is 29.1. The standard InChI is InChI=1S/C24H22N4O3/c1-16-10-11-28-22(12-16)25-20(14-23(28)29)15-31-21-13-19(9-8-17(21)2)27-24(30)26-18-6-4-3-5-7-18/h3-14H,15H2,1-2H3,(H2,26,27,30). The number of benzene rings is 2. The predicted molar refractivity (Wildman–Crippen MR) is 121 cm³/mol. The average molecular weight is 414 g/mol. The first-order valence-electron chi connectivity index (χ1n) is 9.83. The van der Waals surface area contributed by atoms with E-state index in [4.69, 9.17) is 4.74 Å². The first-order chi connectivity index (χ1) is 15.0. The summed E-state index contributed by atoms with van der Waals surface area (Å²) in [5.41, 5.74) is 4.18. The molecular weight excluding hydrogens is 392 g/mol. The topological polar surface area (TPSA) is 84.7 Å². The Hall–Kier alpha value is -4.13. The molecule has 0 aliphatic rings. The fourth-order valence-corrected chi connectivity index (χ4v) is 3.13. The first kappa shape index (κ1) is 20.2. The van der Waals surface area contributed by atoms with Gasteiger partial charge in [-0.05, 0) is 55.3 Å². The van der Waals surface area contributed by atoms with E-state index in [2.05, 4.69) is 15.6 Å². The van der Waals surface area contributed by atoms with Gasteiger partial charge in [0.15, 0.2) is 0 Å². The van der Waals surface area contributed by atoms with Crippen LogP contribution in [0.5, 0.6) is 5.75 Å². The highest BCUT2D eigenvalue weighted by Crippen LogP contribution is 2.24. The minimum Gasteiger partial charge on any atom is -0.487 e. The summed E-state index contributed by atoms with van der Waals surface area (Å²) >= 11 is 0. The lowest BCUT2D eigenvalue weighted by Crippen LogP contribution is -2.19. The highest BCUT2D eigenvalue weighted by Gasteiger charge is 2.08. The third-order valence-corrected chi connectivity index (χ3v) is 4.73. The van der Waals surface area contributed by atoms with Crippen molar-refractivity contribution in [2.75, 3.05) is 10.6 Å². The number of carbonyl (C=O) groups excluding carboxylic acids is 1. The number of urea groups is 1. The molecule has 0 spiro atoms. The SMILES string of the molecule is Cc1ccn2c(=O)cc(COc3cc(NC(=O)Nc4ccccc4)ccc3C)nc2c1. The van der Waals surface area contributed by atoms with Crippen LogP contribution in [0.4, 0.5) is 16.2 Å². The van der Waals surface area contributed by atoms with Crippen LogP contribution in [0.2, 0.25) is 0 Å². The predicted octanol–water partition coefficient (Wildman–Crippen LogP) is 4.53. The van der Waals surface area contributed by atoms with Gasteiger partial charge >= 0.3 is 6.03 Å². The summed E-state index contributed by atoms with van der Waals surface area (Å²) in [7, 11) is 0. The van der Waals surface area contributed by atoms with E-state index in [-0.39, 0.29) is 18.2 Å². The molecule has 2 N–H and O–H groups in total. The summed E-state index contributed by atoms with van der Waals surface area (Å²) in [6.45, 7) is 4.00. The monoisotopic (exact) mass is 414 g/mol. The number of para-hydroxylation sites is 1. The lowest BCUT2D eigenvalue weighted by atomic mass is 10.2.